The standard InChI is InChI=1S/C14H18N2O2.ClH/c1-10(9-15)14(17)16-7-6-12-8-11-4-2-3-5-13(11)18-12;/h2-5,8,10H,6-7,9,15H2,1H3,(H,16,17);1H. The topological polar surface area (TPSA) is 68.3 Å². The van der Waals surface area contributed by atoms with Crippen molar-refractivity contribution < 1.29 is 9.21 Å². The van der Waals surface area contributed by atoms with E-state index in [1.54, 1.807) is 0 Å². The molecule has 1 atom stereocenters. The summed E-state index contributed by atoms with van der Waals surface area (Å²) in [6, 6.07) is 9.88. The fourth-order valence-electron chi connectivity index (χ4n) is 1.75. The van der Waals surface area contributed by atoms with Crippen molar-refractivity contribution in [3.05, 3.63) is 36.1 Å². The van der Waals surface area contributed by atoms with Gasteiger partial charge in [0.2, 0.25) is 5.91 Å². The van der Waals surface area contributed by atoms with Gasteiger partial charge in [0, 0.05) is 30.8 Å². The van der Waals surface area contributed by atoms with E-state index in [1.165, 1.54) is 0 Å². The van der Waals surface area contributed by atoms with Crippen LogP contribution in [-0.4, -0.2) is 19.0 Å². The van der Waals surface area contributed by atoms with Crippen molar-refractivity contribution >= 4 is 29.3 Å². The predicted octanol–water partition coefficient (Wildman–Crippen LogP) is 2.11. The molecule has 0 saturated carbocycles. The van der Waals surface area contributed by atoms with Crippen LogP contribution in [0.3, 0.4) is 0 Å². The van der Waals surface area contributed by atoms with Crippen molar-refractivity contribution in [1.29, 1.82) is 0 Å². The maximum absolute atomic E-state index is 11.5. The summed E-state index contributed by atoms with van der Waals surface area (Å²) in [5.41, 5.74) is 6.31. The molecule has 0 spiro atoms. The third-order valence-electron chi connectivity index (χ3n) is 2.95. The number of furan rings is 1. The van der Waals surface area contributed by atoms with Gasteiger partial charge in [0.15, 0.2) is 0 Å². The molecule has 1 aromatic heterocycles. The van der Waals surface area contributed by atoms with Gasteiger partial charge in [0.1, 0.15) is 11.3 Å². The first-order valence-corrected chi connectivity index (χ1v) is 6.16. The van der Waals surface area contributed by atoms with E-state index in [-0.39, 0.29) is 24.2 Å². The Bertz CT molecular complexity index is 506. The monoisotopic (exact) mass is 282 g/mol. The van der Waals surface area contributed by atoms with Gasteiger partial charge in [0.25, 0.3) is 0 Å². The largest absolute Gasteiger partial charge is 0.461 e. The molecule has 5 heteroatoms. The average Bonchev–Trinajstić information content (AvgIpc) is 2.80. The maximum atomic E-state index is 11.5. The number of carbonyl (C=O) groups excluding carboxylic acids is 1. The smallest absolute Gasteiger partial charge is 0.224 e. The molecule has 19 heavy (non-hydrogen) atoms. The van der Waals surface area contributed by atoms with Crippen molar-refractivity contribution in [2.45, 2.75) is 13.3 Å². The number of amides is 1. The highest BCUT2D eigenvalue weighted by atomic mass is 35.5. The minimum Gasteiger partial charge on any atom is -0.461 e. The lowest BCUT2D eigenvalue weighted by Crippen LogP contribution is -2.34. The number of halogens is 1. The van der Waals surface area contributed by atoms with Gasteiger partial charge < -0.3 is 15.5 Å². The molecular formula is C14H19ClN2O2. The van der Waals surface area contributed by atoms with Crippen LogP contribution in [0.15, 0.2) is 34.7 Å². The Balaban J connectivity index is 0.00000180. The highest BCUT2D eigenvalue weighted by molar-refractivity contribution is 5.85. The van der Waals surface area contributed by atoms with Crippen molar-refractivity contribution in [3.8, 4) is 0 Å². The Kier molecular flexibility index (Phi) is 5.86. The van der Waals surface area contributed by atoms with Gasteiger partial charge in [-0.1, -0.05) is 25.1 Å². The van der Waals surface area contributed by atoms with E-state index in [0.29, 0.717) is 19.5 Å². The lowest BCUT2D eigenvalue weighted by Gasteiger charge is -2.08. The second-order valence-electron chi connectivity index (χ2n) is 4.43. The molecule has 0 saturated heterocycles. The fourth-order valence-corrected chi connectivity index (χ4v) is 1.75. The van der Waals surface area contributed by atoms with E-state index in [2.05, 4.69) is 5.32 Å². The molecule has 1 amide bonds. The van der Waals surface area contributed by atoms with Gasteiger partial charge in [0.05, 0.1) is 0 Å². The van der Waals surface area contributed by atoms with Crippen LogP contribution in [-0.2, 0) is 11.2 Å². The first-order valence-electron chi connectivity index (χ1n) is 6.16. The van der Waals surface area contributed by atoms with E-state index < -0.39 is 0 Å². The number of fused-ring (bicyclic) bond motifs is 1. The van der Waals surface area contributed by atoms with Crippen LogP contribution in [0.5, 0.6) is 0 Å². The Morgan fingerprint density at radius 3 is 2.84 bits per heavy atom. The molecule has 0 aliphatic heterocycles. The molecule has 2 rings (SSSR count). The second-order valence-corrected chi connectivity index (χ2v) is 4.43. The number of nitrogens with one attached hydrogen (secondary N) is 1. The summed E-state index contributed by atoms with van der Waals surface area (Å²) < 4.78 is 5.66. The SMILES string of the molecule is CC(CN)C(=O)NCCc1cc2ccccc2o1.Cl. The molecule has 1 unspecified atom stereocenters. The molecule has 0 bridgehead atoms. The van der Waals surface area contributed by atoms with Crippen LogP contribution in [0.25, 0.3) is 11.0 Å². The molecule has 104 valence electrons. The molecule has 0 aliphatic rings. The summed E-state index contributed by atoms with van der Waals surface area (Å²) in [6.07, 6.45) is 0.692. The van der Waals surface area contributed by atoms with Crippen LogP contribution in [0.2, 0.25) is 0 Å². The first kappa shape index (κ1) is 15.5. The number of para-hydroxylation sites is 1. The highest BCUT2D eigenvalue weighted by Gasteiger charge is 2.10. The number of carbonyl (C=O) groups is 1. The average molecular weight is 283 g/mol. The zero-order valence-electron chi connectivity index (χ0n) is 10.9. The lowest BCUT2D eigenvalue weighted by atomic mass is 10.1. The predicted molar refractivity (Wildman–Crippen MR) is 78.4 cm³/mol. The Labute approximate surface area is 118 Å². The van der Waals surface area contributed by atoms with Gasteiger partial charge in [-0.3, -0.25) is 4.79 Å². The molecule has 2 aromatic rings. The molecule has 3 N–H and O–H groups in total. The van der Waals surface area contributed by atoms with Crippen LogP contribution < -0.4 is 11.1 Å². The summed E-state index contributed by atoms with van der Waals surface area (Å²) in [5.74, 6) is 0.742. The third kappa shape index (κ3) is 3.98. The van der Waals surface area contributed by atoms with Crippen LogP contribution >= 0.6 is 12.4 Å². The van der Waals surface area contributed by atoms with Gasteiger partial charge >= 0.3 is 0 Å². The zero-order valence-corrected chi connectivity index (χ0v) is 11.7. The summed E-state index contributed by atoms with van der Waals surface area (Å²) in [5, 5.41) is 3.94. The normalized spacial score (nSPS) is 11.9. The summed E-state index contributed by atoms with van der Waals surface area (Å²) in [4.78, 5) is 11.5. The van der Waals surface area contributed by atoms with Gasteiger partial charge in [-0.2, -0.15) is 0 Å². The van der Waals surface area contributed by atoms with E-state index in [9.17, 15) is 4.79 Å². The second kappa shape index (κ2) is 7.16. The van der Waals surface area contributed by atoms with Crippen molar-refractivity contribution in [3.63, 3.8) is 0 Å². The van der Waals surface area contributed by atoms with Crippen molar-refractivity contribution in [2.75, 3.05) is 13.1 Å². The third-order valence-corrected chi connectivity index (χ3v) is 2.95. The Morgan fingerprint density at radius 2 is 2.16 bits per heavy atom. The van der Waals surface area contributed by atoms with E-state index >= 15 is 0 Å². The summed E-state index contributed by atoms with van der Waals surface area (Å²) in [7, 11) is 0. The minimum atomic E-state index is -0.138. The van der Waals surface area contributed by atoms with Gasteiger partial charge in [-0.05, 0) is 12.1 Å². The number of hydrogen-bond donors (Lipinski definition) is 2. The van der Waals surface area contributed by atoms with E-state index in [0.717, 1.165) is 16.7 Å². The number of nitrogens with two attached hydrogens (primary N) is 1. The van der Waals surface area contributed by atoms with Crippen LogP contribution in [0.1, 0.15) is 12.7 Å². The van der Waals surface area contributed by atoms with E-state index in [4.69, 9.17) is 10.2 Å². The number of rotatable bonds is 5. The molecule has 4 nitrogen and oxygen atoms in total. The minimum absolute atomic E-state index is 0. The molecule has 0 radical (unpaired) electrons. The van der Waals surface area contributed by atoms with E-state index in [1.807, 2.05) is 37.3 Å². The first-order chi connectivity index (χ1) is 8.70. The van der Waals surface area contributed by atoms with Crippen molar-refractivity contribution in [1.82, 2.24) is 5.32 Å². The maximum Gasteiger partial charge on any atom is 0.224 e. The number of hydrogen-bond acceptors (Lipinski definition) is 3. The molecular weight excluding hydrogens is 264 g/mol. The fraction of sp³-hybridized carbons (Fsp3) is 0.357. The van der Waals surface area contributed by atoms with Gasteiger partial charge in [-0.25, -0.2) is 0 Å². The van der Waals surface area contributed by atoms with Crippen molar-refractivity contribution in [2.24, 2.45) is 11.7 Å². The van der Waals surface area contributed by atoms with Gasteiger partial charge in [-0.15, -0.1) is 12.4 Å². The molecule has 0 fully saturated rings. The zero-order chi connectivity index (χ0) is 13.0. The summed E-state index contributed by atoms with van der Waals surface area (Å²) >= 11 is 0. The lowest BCUT2D eigenvalue weighted by molar-refractivity contribution is -0.124. The highest BCUT2D eigenvalue weighted by Crippen LogP contribution is 2.18. The summed E-state index contributed by atoms with van der Waals surface area (Å²) in [6.45, 7) is 2.76. The van der Waals surface area contributed by atoms with Crippen LogP contribution in [0, 0.1) is 5.92 Å². The quantitative estimate of drug-likeness (QED) is 0.882. The molecule has 1 heterocycles. The van der Waals surface area contributed by atoms with Crippen LogP contribution in [0.4, 0.5) is 0 Å². The Hall–Kier alpha value is -1.52. The number of benzene rings is 1. The molecule has 0 aliphatic carbocycles. The molecule has 1 aromatic carbocycles. The Morgan fingerprint density at radius 1 is 1.42 bits per heavy atom.